The minimum atomic E-state index is -0.395. The third-order valence-corrected chi connectivity index (χ3v) is 3.76. The van der Waals surface area contributed by atoms with Gasteiger partial charge in [0.25, 0.3) is 5.91 Å². The minimum absolute atomic E-state index is 0.0685. The zero-order valence-corrected chi connectivity index (χ0v) is 13.4. The second-order valence-electron chi connectivity index (χ2n) is 5.18. The summed E-state index contributed by atoms with van der Waals surface area (Å²) in [5, 5.41) is 12.3. The number of amides is 1. The number of methoxy groups -OCH3 is 1. The summed E-state index contributed by atoms with van der Waals surface area (Å²) in [4.78, 5) is 12.4. The Morgan fingerprint density at radius 2 is 1.96 bits per heavy atom. The molecule has 0 unspecified atom stereocenters. The van der Waals surface area contributed by atoms with Crippen molar-refractivity contribution in [1.82, 2.24) is 5.32 Å². The standard InChI is InChI=1S/C19H16N2O3/c1-3-21-19(22)15(11-20)18-13-6-4-5-7-16(13)24-17-10-12(23-2)8-9-14(17)18/h4-10H,3H2,1-2H3,(H,21,22)/b18-15-. The van der Waals surface area contributed by atoms with E-state index in [1.165, 1.54) is 0 Å². The van der Waals surface area contributed by atoms with Gasteiger partial charge in [0.2, 0.25) is 0 Å². The molecule has 1 heterocycles. The van der Waals surface area contributed by atoms with Crippen LogP contribution in [0.3, 0.4) is 0 Å². The van der Waals surface area contributed by atoms with Crippen LogP contribution in [0.5, 0.6) is 17.2 Å². The van der Waals surface area contributed by atoms with Gasteiger partial charge in [0.05, 0.1) is 7.11 Å². The predicted molar refractivity (Wildman–Crippen MR) is 89.8 cm³/mol. The van der Waals surface area contributed by atoms with Crippen molar-refractivity contribution in [2.45, 2.75) is 6.92 Å². The van der Waals surface area contributed by atoms with Crippen LogP contribution < -0.4 is 14.8 Å². The highest BCUT2D eigenvalue weighted by Gasteiger charge is 2.27. The molecule has 5 heteroatoms. The van der Waals surface area contributed by atoms with Gasteiger partial charge < -0.3 is 14.8 Å². The van der Waals surface area contributed by atoms with Gasteiger partial charge in [0.1, 0.15) is 28.9 Å². The van der Waals surface area contributed by atoms with Crippen molar-refractivity contribution in [2.75, 3.05) is 13.7 Å². The van der Waals surface area contributed by atoms with E-state index in [-0.39, 0.29) is 5.57 Å². The van der Waals surface area contributed by atoms with Crippen molar-refractivity contribution in [3.63, 3.8) is 0 Å². The lowest BCUT2D eigenvalue weighted by Crippen LogP contribution is -2.25. The van der Waals surface area contributed by atoms with E-state index in [2.05, 4.69) is 5.32 Å². The van der Waals surface area contributed by atoms with Gasteiger partial charge in [-0.25, -0.2) is 0 Å². The monoisotopic (exact) mass is 320 g/mol. The molecule has 120 valence electrons. The molecule has 0 aromatic heterocycles. The third kappa shape index (κ3) is 2.59. The molecule has 0 saturated carbocycles. The van der Waals surface area contributed by atoms with Crippen molar-refractivity contribution in [3.8, 4) is 23.3 Å². The molecule has 0 saturated heterocycles. The molecule has 1 aliphatic heterocycles. The molecule has 2 aromatic carbocycles. The summed E-state index contributed by atoms with van der Waals surface area (Å²) in [6.45, 7) is 2.26. The van der Waals surface area contributed by atoms with Crippen LogP contribution in [0.15, 0.2) is 48.0 Å². The molecule has 1 N–H and O–H groups in total. The van der Waals surface area contributed by atoms with Crippen LogP contribution in [0.25, 0.3) is 5.57 Å². The minimum Gasteiger partial charge on any atom is -0.497 e. The Balaban J connectivity index is 2.29. The first kappa shape index (κ1) is 15.6. The van der Waals surface area contributed by atoms with Gasteiger partial charge in [0, 0.05) is 29.3 Å². The van der Waals surface area contributed by atoms with E-state index in [1.807, 2.05) is 37.3 Å². The number of nitriles is 1. The summed E-state index contributed by atoms with van der Waals surface area (Å²) in [7, 11) is 1.57. The van der Waals surface area contributed by atoms with Crippen LogP contribution in [-0.2, 0) is 4.79 Å². The molecule has 0 aliphatic carbocycles. The van der Waals surface area contributed by atoms with Crippen LogP contribution in [0.4, 0.5) is 0 Å². The van der Waals surface area contributed by atoms with E-state index in [0.717, 1.165) is 5.56 Å². The normalized spacial score (nSPS) is 13.7. The first-order valence-corrected chi connectivity index (χ1v) is 7.57. The number of para-hydroxylation sites is 1. The number of benzene rings is 2. The van der Waals surface area contributed by atoms with Crippen molar-refractivity contribution in [3.05, 3.63) is 59.2 Å². The van der Waals surface area contributed by atoms with Gasteiger partial charge in [-0.1, -0.05) is 18.2 Å². The number of nitrogens with zero attached hydrogens (tertiary/aromatic N) is 1. The second-order valence-corrected chi connectivity index (χ2v) is 5.18. The summed E-state index contributed by atoms with van der Waals surface area (Å²) >= 11 is 0. The average Bonchev–Trinajstić information content (AvgIpc) is 2.61. The topological polar surface area (TPSA) is 71.4 Å². The molecule has 2 aromatic rings. The van der Waals surface area contributed by atoms with E-state index in [9.17, 15) is 10.1 Å². The van der Waals surface area contributed by atoms with Gasteiger partial charge in [-0.15, -0.1) is 0 Å². The Bertz CT molecular complexity index is 878. The van der Waals surface area contributed by atoms with Gasteiger partial charge in [0.15, 0.2) is 0 Å². The molecule has 0 bridgehead atoms. The maximum atomic E-state index is 12.4. The highest BCUT2D eigenvalue weighted by Crippen LogP contribution is 2.45. The van der Waals surface area contributed by atoms with Gasteiger partial charge in [-0.05, 0) is 25.1 Å². The molecule has 24 heavy (non-hydrogen) atoms. The Morgan fingerprint density at radius 3 is 2.67 bits per heavy atom. The van der Waals surface area contributed by atoms with Gasteiger partial charge in [-0.2, -0.15) is 5.26 Å². The quantitative estimate of drug-likeness (QED) is 0.594. The molecule has 0 fully saturated rings. The molecule has 0 spiro atoms. The number of fused-ring (bicyclic) bond motifs is 2. The Morgan fingerprint density at radius 1 is 1.21 bits per heavy atom. The van der Waals surface area contributed by atoms with E-state index in [1.54, 1.807) is 25.3 Å². The summed E-state index contributed by atoms with van der Waals surface area (Å²) < 4.78 is 11.2. The lowest BCUT2D eigenvalue weighted by Gasteiger charge is -2.24. The van der Waals surface area contributed by atoms with Crippen molar-refractivity contribution in [2.24, 2.45) is 0 Å². The van der Waals surface area contributed by atoms with Gasteiger partial charge >= 0.3 is 0 Å². The maximum absolute atomic E-state index is 12.4. The SMILES string of the molecule is CCNC(=O)/C(C#N)=C1/c2ccccc2Oc2cc(OC)ccc21. The zero-order valence-electron chi connectivity index (χ0n) is 13.4. The molecular weight excluding hydrogens is 304 g/mol. The van der Waals surface area contributed by atoms with Gasteiger partial charge in [-0.3, -0.25) is 4.79 Å². The Kier molecular flexibility index (Phi) is 4.21. The fourth-order valence-electron chi connectivity index (χ4n) is 2.68. The maximum Gasteiger partial charge on any atom is 0.262 e. The van der Waals surface area contributed by atoms with Crippen LogP contribution in [0.2, 0.25) is 0 Å². The van der Waals surface area contributed by atoms with Crippen LogP contribution in [0, 0.1) is 11.3 Å². The van der Waals surface area contributed by atoms with Crippen molar-refractivity contribution in [1.29, 1.82) is 5.26 Å². The smallest absolute Gasteiger partial charge is 0.262 e. The summed E-state index contributed by atoms with van der Waals surface area (Å²) in [5.41, 5.74) is 2.05. The lowest BCUT2D eigenvalue weighted by molar-refractivity contribution is -0.116. The average molecular weight is 320 g/mol. The number of hydrogen-bond acceptors (Lipinski definition) is 4. The summed E-state index contributed by atoms with van der Waals surface area (Å²) in [5.74, 6) is 1.41. The highest BCUT2D eigenvalue weighted by molar-refractivity contribution is 6.09. The molecule has 1 aliphatic rings. The van der Waals surface area contributed by atoms with Crippen LogP contribution >= 0.6 is 0 Å². The number of hydrogen-bond donors (Lipinski definition) is 1. The van der Waals surface area contributed by atoms with E-state index >= 15 is 0 Å². The molecule has 5 nitrogen and oxygen atoms in total. The molecule has 0 radical (unpaired) electrons. The predicted octanol–water partition coefficient (Wildman–Crippen LogP) is 3.26. The number of rotatable bonds is 3. The van der Waals surface area contributed by atoms with E-state index in [0.29, 0.717) is 34.9 Å². The summed E-state index contributed by atoms with van der Waals surface area (Å²) in [6, 6.07) is 14.7. The first-order chi connectivity index (χ1) is 11.7. The number of carbonyl (C=O) groups excluding carboxylic acids is 1. The first-order valence-electron chi connectivity index (χ1n) is 7.57. The largest absolute Gasteiger partial charge is 0.497 e. The Hall–Kier alpha value is -3.26. The van der Waals surface area contributed by atoms with Crippen LogP contribution in [-0.4, -0.2) is 19.6 Å². The van der Waals surface area contributed by atoms with Crippen molar-refractivity contribution < 1.29 is 14.3 Å². The number of carbonyl (C=O) groups is 1. The fraction of sp³-hybridized carbons (Fsp3) is 0.158. The number of likely N-dealkylation sites (N-methyl/N-ethyl adjacent to an activating group) is 1. The Labute approximate surface area is 140 Å². The fourth-order valence-corrected chi connectivity index (χ4v) is 2.68. The second kappa shape index (κ2) is 6.47. The third-order valence-electron chi connectivity index (χ3n) is 3.76. The molecular formula is C19H16N2O3. The zero-order chi connectivity index (χ0) is 17.1. The molecule has 3 rings (SSSR count). The number of ether oxygens (including phenoxy) is 2. The van der Waals surface area contributed by atoms with E-state index in [4.69, 9.17) is 9.47 Å². The molecule has 1 amide bonds. The molecule has 0 atom stereocenters. The summed E-state index contributed by atoms with van der Waals surface area (Å²) in [6.07, 6.45) is 0. The number of nitrogens with one attached hydrogen (secondary N) is 1. The van der Waals surface area contributed by atoms with Crippen LogP contribution in [0.1, 0.15) is 18.1 Å². The lowest BCUT2D eigenvalue weighted by atomic mass is 9.89. The van der Waals surface area contributed by atoms with E-state index < -0.39 is 5.91 Å². The van der Waals surface area contributed by atoms with Crippen molar-refractivity contribution >= 4 is 11.5 Å². The highest BCUT2D eigenvalue weighted by atomic mass is 16.5.